The Morgan fingerprint density at radius 1 is 1.17 bits per heavy atom. The van der Waals surface area contributed by atoms with E-state index in [1.165, 1.54) is 24.3 Å². The van der Waals surface area contributed by atoms with Crippen LogP contribution in [-0.2, 0) is 14.6 Å². The SMILES string of the molecule is O=C(COc1ccc(F)cc1)N1CCN(C2CCS(=O)(=O)C2)CC1. The molecule has 1 amide bonds. The molecule has 2 fully saturated rings. The summed E-state index contributed by atoms with van der Waals surface area (Å²) in [5.74, 6) is 0.494. The van der Waals surface area contributed by atoms with E-state index in [0.717, 1.165) is 0 Å². The van der Waals surface area contributed by atoms with Gasteiger partial charge >= 0.3 is 0 Å². The highest BCUT2D eigenvalue weighted by Gasteiger charge is 2.34. The summed E-state index contributed by atoms with van der Waals surface area (Å²) >= 11 is 0. The van der Waals surface area contributed by atoms with E-state index in [0.29, 0.717) is 38.3 Å². The summed E-state index contributed by atoms with van der Waals surface area (Å²) in [5, 5.41) is 0. The van der Waals surface area contributed by atoms with Crippen LogP contribution in [0.5, 0.6) is 5.75 Å². The van der Waals surface area contributed by atoms with Gasteiger partial charge in [-0.3, -0.25) is 9.69 Å². The second-order valence-corrected chi connectivity index (χ2v) is 8.44. The van der Waals surface area contributed by atoms with Gasteiger partial charge in [0.05, 0.1) is 11.5 Å². The van der Waals surface area contributed by atoms with Crippen molar-refractivity contribution in [2.45, 2.75) is 12.5 Å². The average molecular weight is 356 g/mol. The smallest absolute Gasteiger partial charge is 0.260 e. The van der Waals surface area contributed by atoms with Crippen molar-refractivity contribution in [2.24, 2.45) is 0 Å². The van der Waals surface area contributed by atoms with Crippen LogP contribution in [0, 0.1) is 5.82 Å². The van der Waals surface area contributed by atoms with E-state index < -0.39 is 9.84 Å². The van der Waals surface area contributed by atoms with E-state index in [4.69, 9.17) is 4.74 Å². The summed E-state index contributed by atoms with van der Waals surface area (Å²) in [6.45, 7) is 2.43. The number of ether oxygens (including phenoxy) is 1. The highest BCUT2D eigenvalue weighted by molar-refractivity contribution is 7.91. The first kappa shape index (κ1) is 17.2. The number of amides is 1. The van der Waals surface area contributed by atoms with Crippen molar-refractivity contribution >= 4 is 15.7 Å². The number of carbonyl (C=O) groups excluding carboxylic acids is 1. The van der Waals surface area contributed by atoms with Gasteiger partial charge in [0.15, 0.2) is 16.4 Å². The molecule has 0 aromatic heterocycles. The van der Waals surface area contributed by atoms with Crippen LogP contribution in [0.15, 0.2) is 24.3 Å². The van der Waals surface area contributed by atoms with Gasteiger partial charge in [-0.25, -0.2) is 12.8 Å². The standard InChI is InChI=1S/C16H21FN2O4S/c17-13-1-3-15(4-2-13)23-11-16(20)19-8-6-18(7-9-19)14-5-10-24(21,22)12-14/h1-4,14H,5-12H2. The van der Waals surface area contributed by atoms with Gasteiger partial charge in [-0.2, -0.15) is 0 Å². The van der Waals surface area contributed by atoms with Gasteiger partial charge in [-0.15, -0.1) is 0 Å². The lowest BCUT2D eigenvalue weighted by molar-refractivity contribution is -0.135. The lowest BCUT2D eigenvalue weighted by Gasteiger charge is -2.37. The number of benzene rings is 1. The Balaban J connectivity index is 1.44. The fourth-order valence-corrected chi connectivity index (χ4v) is 4.93. The average Bonchev–Trinajstić information content (AvgIpc) is 2.94. The molecule has 6 nitrogen and oxygen atoms in total. The minimum absolute atomic E-state index is 0.0799. The third-order valence-electron chi connectivity index (χ3n) is 4.57. The number of hydrogen-bond donors (Lipinski definition) is 0. The molecule has 24 heavy (non-hydrogen) atoms. The van der Waals surface area contributed by atoms with Crippen LogP contribution in [0.2, 0.25) is 0 Å². The summed E-state index contributed by atoms with van der Waals surface area (Å²) in [5.41, 5.74) is 0. The Bertz CT molecular complexity index is 685. The van der Waals surface area contributed by atoms with Gasteiger partial charge in [0, 0.05) is 32.2 Å². The van der Waals surface area contributed by atoms with Crippen LogP contribution < -0.4 is 4.74 Å². The number of hydrogen-bond acceptors (Lipinski definition) is 5. The molecule has 0 bridgehead atoms. The molecule has 0 N–H and O–H groups in total. The Labute approximate surface area is 141 Å². The Hall–Kier alpha value is -1.67. The zero-order chi connectivity index (χ0) is 17.2. The third kappa shape index (κ3) is 4.24. The number of rotatable bonds is 4. The Kier molecular flexibility index (Phi) is 5.05. The van der Waals surface area contributed by atoms with Gasteiger partial charge in [0.25, 0.3) is 5.91 Å². The van der Waals surface area contributed by atoms with Gasteiger partial charge in [0.1, 0.15) is 11.6 Å². The summed E-state index contributed by atoms with van der Waals surface area (Å²) in [4.78, 5) is 16.1. The quantitative estimate of drug-likeness (QED) is 0.788. The monoisotopic (exact) mass is 356 g/mol. The lowest BCUT2D eigenvalue weighted by atomic mass is 10.2. The second kappa shape index (κ2) is 7.06. The molecule has 0 aliphatic carbocycles. The van der Waals surface area contributed by atoms with E-state index in [-0.39, 0.29) is 35.9 Å². The van der Waals surface area contributed by atoms with E-state index in [1.54, 1.807) is 4.90 Å². The lowest BCUT2D eigenvalue weighted by Crippen LogP contribution is -2.53. The molecular weight excluding hydrogens is 335 g/mol. The van der Waals surface area contributed by atoms with Crippen LogP contribution in [0.4, 0.5) is 4.39 Å². The maximum absolute atomic E-state index is 12.8. The maximum Gasteiger partial charge on any atom is 0.260 e. The normalized spacial score (nSPS) is 24.0. The van der Waals surface area contributed by atoms with E-state index in [9.17, 15) is 17.6 Å². The Morgan fingerprint density at radius 2 is 1.83 bits per heavy atom. The van der Waals surface area contributed by atoms with Crippen LogP contribution in [0.25, 0.3) is 0 Å². The maximum atomic E-state index is 12.8. The van der Waals surface area contributed by atoms with Crippen molar-refractivity contribution in [3.63, 3.8) is 0 Å². The van der Waals surface area contributed by atoms with Crippen LogP contribution in [-0.4, -0.2) is 74.5 Å². The second-order valence-electron chi connectivity index (χ2n) is 6.22. The molecule has 1 aromatic rings. The van der Waals surface area contributed by atoms with Crippen LogP contribution in [0.3, 0.4) is 0 Å². The first-order valence-electron chi connectivity index (χ1n) is 8.03. The molecule has 2 aliphatic rings. The van der Waals surface area contributed by atoms with E-state index >= 15 is 0 Å². The molecule has 2 saturated heterocycles. The van der Waals surface area contributed by atoms with Crippen molar-refractivity contribution in [1.82, 2.24) is 9.80 Å². The van der Waals surface area contributed by atoms with Gasteiger partial charge < -0.3 is 9.64 Å². The number of piperazine rings is 1. The summed E-state index contributed by atoms with van der Waals surface area (Å²) in [7, 11) is -2.89. The largest absolute Gasteiger partial charge is 0.484 e. The van der Waals surface area contributed by atoms with E-state index in [1.807, 2.05) is 0 Å². The zero-order valence-electron chi connectivity index (χ0n) is 13.4. The predicted octanol–water partition coefficient (Wildman–Crippen LogP) is 0.536. The highest BCUT2D eigenvalue weighted by Crippen LogP contribution is 2.19. The molecule has 8 heteroatoms. The highest BCUT2D eigenvalue weighted by atomic mass is 32.2. The fourth-order valence-electron chi connectivity index (χ4n) is 3.17. The van der Waals surface area contributed by atoms with Crippen LogP contribution >= 0.6 is 0 Å². The number of sulfone groups is 1. The fraction of sp³-hybridized carbons (Fsp3) is 0.562. The van der Waals surface area contributed by atoms with Crippen molar-refractivity contribution in [3.8, 4) is 5.75 Å². The number of carbonyl (C=O) groups is 1. The molecule has 132 valence electrons. The summed E-state index contributed by atoms with van der Waals surface area (Å²) in [6, 6.07) is 5.63. The van der Waals surface area contributed by atoms with Crippen molar-refractivity contribution in [2.75, 3.05) is 44.3 Å². The van der Waals surface area contributed by atoms with Gasteiger partial charge in [0.2, 0.25) is 0 Å². The first-order valence-corrected chi connectivity index (χ1v) is 9.86. The van der Waals surface area contributed by atoms with Crippen molar-refractivity contribution in [3.05, 3.63) is 30.1 Å². The summed E-state index contributed by atoms with van der Waals surface area (Å²) < 4.78 is 41.3. The molecule has 3 rings (SSSR count). The van der Waals surface area contributed by atoms with Crippen LogP contribution in [0.1, 0.15) is 6.42 Å². The summed E-state index contributed by atoms with van der Waals surface area (Å²) in [6.07, 6.45) is 0.684. The molecule has 2 heterocycles. The molecule has 0 radical (unpaired) electrons. The molecule has 2 aliphatic heterocycles. The minimum atomic E-state index is -2.89. The van der Waals surface area contributed by atoms with Crippen molar-refractivity contribution in [1.29, 1.82) is 0 Å². The molecule has 1 unspecified atom stereocenters. The van der Waals surface area contributed by atoms with Crippen molar-refractivity contribution < 1.29 is 22.3 Å². The molecule has 1 aromatic carbocycles. The van der Waals surface area contributed by atoms with Gasteiger partial charge in [-0.1, -0.05) is 0 Å². The van der Waals surface area contributed by atoms with E-state index in [2.05, 4.69) is 4.90 Å². The third-order valence-corrected chi connectivity index (χ3v) is 6.32. The molecule has 0 saturated carbocycles. The molecule has 0 spiro atoms. The molecular formula is C16H21FN2O4S. The number of halogens is 1. The Morgan fingerprint density at radius 3 is 2.42 bits per heavy atom. The molecule has 1 atom stereocenters. The number of nitrogens with zero attached hydrogens (tertiary/aromatic N) is 2. The topological polar surface area (TPSA) is 66.9 Å². The predicted molar refractivity (Wildman–Crippen MR) is 87.1 cm³/mol. The first-order chi connectivity index (χ1) is 11.4. The zero-order valence-corrected chi connectivity index (χ0v) is 14.2. The van der Waals surface area contributed by atoms with Gasteiger partial charge in [-0.05, 0) is 30.7 Å². The minimum Gasteiger partial charge on any atom is -0.484 e.